The highest BCUT2D eigenvalue weighted by atomic mass is 16.3. The molecule has 46 heavy (non-hydrogen) atoms. The molecule has 0 heterocycles. The van der Waals surface area contributed by atoms with Crippen molar-refractivity contribution < 1.29 is 24.3 Å². The van der Waals surface area contributed by atoms with Gasteiger partial charge in [0.05, 0.1) is 6.04 Å². The van der Waals surface area contributed by atoms with E-state index in [2.05, 4.69) is 25.9 Å². The number of aromatic hydroxyl groups is 1. The Balaban J connectivity index is 2.23. The monoisotopic (exact) mass is 639 g/mol. The molecule has 2 aromatic rings. The molecule has 250 valence electrons. The largest absolute Gasteiger partial charge is 0.508 e. The second kappa shape index (κ2) is 19.1. The molecule has 2 rings (SSSR count). The Hall–Kier alpha value is -5.38. The van der Waals surface area contributed by atoms with Gasteiger partial charge < -0.3 is 55.5 Å². The fraction of sp³-hybridized carbons (Fsp3) is 0.400. The zero-order valence-corrected chi connectivity index (χ0v) is 25.6. The predicted molar refractivity (Wildman–Crippen MR) is 175 cm³/mol. The van der Waals surface area contributed by atoms with Gasteiger partial charge in [0.1, 0.15) is 23.9 Å². The fourth-order valence-electron chi connectivity index (χ4n) is 4.42. The van der Waals surface area contributed by atoms with Gasteiger partial charge >= 0.3 is 0 Å². The Morgan fingerprint density at radius 1 is 0.630 bits per heavy atom. The Bertz CT molecular complexity index is 1340. The van der Waals surface area contributed by atoms with Gasteiger partial charge in [0.25, 0.3) is 0 Å². The highest BCUT2D eigenvalue weighted by Crippen LogP contribution is 2.12. The van der Waals surface area contributed by atoms with Gasteiger partial charge in [-0.3, -0.25) is 29.2 Å². The summed E-state index contributed by atoms with van der Waals surface area (Å²) in [4.78, 5) is 60.1. The lowest BCUT2D eigenvalue weighted by molar-refractivity contribution is -0.133. The second-order valence-electron chi connectivity index (χ2n) is 10.7. The summed E-state index contributed by atoms with van der Waals surface area (Å²) in [6.07, 6.45) is 1.17. The molecule has 4 amide bonds. The molecule has 16 nitrogen and oxygen atoms in total. The fourth-order valence-corrected chi connectivity index (χ4v) is 4.42. The van der Waals surface area contributed by atoms with E-state index in [4.69, 9.17) is 34.4 Å². The minimum absolute atomic E-state index is 0.0708. The van der Waals surface area contributed by atoms with Gasteiger partial charge in [-0.15, -0.1) is 0 Å². The van der Waals surface area contributed by atoms with E-state index in [0.717, 1.165) is 5.56 Å². The van der Waals surface area contributed by atoms with Crippen LogP contribution in [0.25, 0.3) is 0 Å². The Morgan fingerprint density at radius 2 is 1.11 bits per heavy atom. The normalized spacial score (nSPS) is 13.2. The van der Waals surface area contributed by atoms with Crippen LogP contribution in [0, 0.1) is 0 Å². The summed E-state index contributed by atoms with van der Waals surface area (Å²) in [5, 5.41) is 17.5. The first-order valence-corrected chi connectivity index (χ1v) is 14.7. The van der Waals surface area contributed by atoms with Gasteiger partial charge in [-0.1, -0.05) is 42.5 Å². The number of nitrogens with zero attached hydrogens (tertiary/aromatic N) is 2. The number of hydrogen-bond donors (Lipinski definition) is 10. The molecule has 0 fully saturated rings. The molecule has 0 unspecified atom stereocenters. The number of nitrogens with one attached hydrogen (secondary N) is 3. The number of hydrogen-bond acceptors (Lipinski definition) is 8. The van der Waals surface area contributed by atoms with Crippen LogP contribution >= 0.6 is 0 Å². The van der Waals surface area contributed by atoms with Crippen LogP contribution in [0.4, 0.5) is 0 Å². The van der Waals surface area contributed by atoms with E-state index in [9.17, 15) is 24.3 Å². The Kier molecular flexibility index (Phi) is 15.3. The van der Waals surface area contributed by atoms with Crippen molar-refractivity contribution in [1.29, 1.82) is 0 Å². The zero-order chi connectivity index (χ0) is 34.1. The van der Waals surface area contributed by atoms with Crippen molar-refractivity contribution in [3.8, 4) is 5.75 Å². The molecule has 4 atom stereocenters. The van der Waals surface area contributed by atoms with Crippen molar-refractivity contribution in [3.05, 3.63) is 65.7 Å². The van der Waals surface area contributed by atoms with E-state index in [-0.39, 0.29) is 56.4 Å². The summed E-state index contributed by atoms with van der Waals surface area (Å²) in [5.74, 6) is -2.84. The van der Waals surface area contributed by atoms with Crippen LogP contribution in [0.3, 0.4) is 0 Å². The van der Waals surface area contributed by atoms with Crippen molar-refractivity contribution in [2.75, 3.05) is 13.1 Å². The Labute approximate surface area is 267 Å². The number of aliphatic imine (C=N–C) groups is 2. The van der Waals surface area contributed by atoms with E-state index in [1.165, 1.54) is 12.1 Å². The van der Waals surface area contributed by atoms with Crippen molar-refractivity contribution in [1.82, 2.24) is 16.0 Å². The molecule has 0 aromatic heterocycles. The maximum atomic E-state index is 13.6. The third-order valence-electron chi connectivity index (χ3n) is 6.83. The first kappa shape index (κ1) is 36.8. The minimum Gasteiger partial charge on any atom is -0.508 e. The number of rotatable bonds is 19. The summed E-state index contributed by atoms with van der Waals surface area (Å²) < 4.78 is 0. The zero-order valence-electron chi connectivity index (χ0n) is 25.6. The highest BCUT2D eigenvalue weighted by molar-refractivity contribution is 5.94. The number of nitrogens with two attached hydrogens (primary N) is 6. The van der Waals surface area contributed by atoms with Gasteiger partial charge in [0, 0.05) is 19.5 Å². The lowest BCUT2D eigenvalue weighted by atomic mass is 10.0. The van der Waals surface area contributed by atoms with Crippen LogP contribution in [0.2, 0.25) is 0 Å². The molecule has 16 N–H and O–H groups in total. The van der Waals surface area contributed by atoms with Crippen LogP contribution in [-0.2, 0) is 32.0 Å². The van der Waals surface area contributed by atoms with Crippen LogP contribution in [0.15, 0.2) is 64.6 Å². The quantitative estimate of drug-likeness (QED) is 0.0439. The summed E-state index contributed by atoms with van der Waals surface area (Å²) in [6, 6.07) is 10.8. The van der Waals surface area contributed by atoms with Crippen molar-refractivity contribution >= 4 is 35.5 Å². The third-order valence-corrected chi connectivity index (χ3v) is 6.83. The lowest BCUT2D eigenvalue weighted by Crippen LogP contribution is -2.58. The maximum Gasteiger partial charge on any atom is 0.243 e. The van der Waals surface area contributed by atoms with Gasteiger partial charge in [-0.05, 0) is 55.4 Å². The van der Waals surface area contributed by atoms with E-state index >= 15 is 0 Å². The molecule has 0 aliphatic carbocycles. The molecule has 0 aliphatic heterocycles. The number of guanidine groups is 2. The standard InChI is InChI=1S/C30H45N11O5/c31-21(16-19-10-12-20(42)13-11-19)26(44)40-23(9-5-15-38-30(35)36)27(45)41-24(17-18-6-2-1-3-7-18)28(46)39-22(25(32)43)8-4-14-37-29(33)34/h1-3,6-7,10-13,21-24,42H,4-5,8-9,14-17,31H2,(H2,32,43)(H,39,46)(H,40,44)(H,41,45)(H4,33,34,37)(H4,35,36,38)/t21-,22-,23+,24-/m0/s1. The maximum absolute atomic E-state index is 13.6. The molecule has 0 saturated carbocycles. The minimum atomic E-state index is -1.14. The van der Waals surface area contributed by atoms with E-state index in [1.807, 2.05) is 0 Å². The van der Waals surface area contributed by atoms with Crippen LogP contribution in [0.1, 0.15) is 36.8 Å². The second-order valence-corrected chi connectivity index (χ2v) is 10.7. The first-order valence-electron chi connectivity index (χ1n) is 14.7. The van der Waals surface area contributed by atoms with Crippen molar-refractivity contribution in [2.24, 2.45) is 44.4 Å². The SMILES string of the molecule is NC(=O)[C@H](CCCN=C(N)N)NC(=O)[C@H](Cc1ccccc1)NC(=O)[C@@H](CCCN=C(N)N)NC(=O)[C@@H](N)Cc1ccc(O)cc1. The van der Waals surface area contributed by atoms with Crippen molar-refractivity contribution in [3.63, 3.8) is 0 Å². The molecule has 0 bridgehead atoms. The molecule has 2 aromatic carbocycles. The van der Waals surface area contributed by atoms with E-state index in [1.54, 1.807) is 42.5 Å². The smallest absolute Gasteiger partial charge is 0.243 e. The topological polar surface area (TPSA) is 305 Å². The molecular formula is C30H45N11O5. The molecule has 0 saturated heterocycles. The number of phenols is 1. The number of carbonyl (C=O) groups excluding carboxylic acids is 4. The number of phenolic OH excluding ortho intramolecular Hbond substituents is 1. The number of primary amides is 1. The molecule has 0 spiro atoms. The Morgan fingerprint density at radius 3 is 1.65 bits per heavy atom. The number of benzene rings is 2. The summed E-state index contributed by atoms with van der Waals surface area (Å²) in [6.45, 7) is 0.415. The number of amides is 4. The van der Waals surface area contributed by atoms with Crippen LogP contribution in [0.5, 0.6) is 5.75 Å². The summed E-state index contributed by atoms with van der Waals surface area (Å²) >= 11 is 0. The average Bonchev–Trinajstić information content (AvgIpc) is 3.00. The van der Waals surface area contributed by atoms with Gasteiger partial charge in [0.15, 0.2) is 11.9 Å². The number of carbonyl (C=O) groups is 4. The third kappa shape index (κ3) is 13.9. The average molecular weight is 640 g/mol. The molecular weight excluding hydrogens is 594 g/mol. The van der Waals surface area contributed by atoms with E-state index < -0.39 is 47.8 Å². The van der Waals surface area contributed by atoms with E-state index in [0.29, 0.717) is 18.4 Å². The molecule has 0 radical (unpaired) electrons. The highest BCUT2D eigenvalue weighted by Gasteiger charge is 2.30. The van der Waals surface area contributed by atoms with Gasteiger partial charge in [-0.2, -0.15) is 0 Å². The molecule has 16 heteroatoms. The predicted octanol–water partition coefficient (Wildman–Crippen LogP) is -2.45. The van der Waals surface area contributed by atoms with Crippen molar-refractivity contribution in [2.45, 2.75) is 62.7 Å². The van der Waals surface area contributed by atoms with Crippen LogP contribution < -0.4 is 50.4 Å². The van der Waals surface area contributed by atoms with Gasteiger partial charge in [-0.25, -0.2) is 0 Å². The van der Waals surface area contributed by atoms with Gasteiger partial charge in [0.2, 0.25) is 23.6 Å². The lowest BCUT2D eigenvalue weighted by Gasteiger charge is -2.25. The first-order chi connectivity index (χ1) is 21.8. The summed E-state index contributed by atoms with van der Waals surface area (Å²) in [5.41, 5.74) is 34.6. The molecule has 0 aliphatic rings. The van der Waals surface area contributed by atoms with Crippen LogP contribution in [-0.4, -0.2) is 77.9 Å². The summed E-state index contributed by atoms with van der Waals surface area (Å²) in [7, 11) is 0.